The zero-order chi connectivity index (χ0) is 14.5. The first-order valence-corrected chi connectivity index (χ1v) is 8.26. The van der Waals surface area contributed by atoms with Crippen LogP contribution >= 0.6 is 11.8 Å². The summed E-state index contributed by atoms with van der Waals surface area (Å²) in [6, 6.07) is 16.0. The molecule has 1 amide bonds. The number of nitrogens with zero attached hydrogens (tertiary/aromatic N) is 2. The summed E-state index contributed by atoms with van der Waals surface area (Å²) in [6.45, 7) is 1.59. The third-order valence-electron chi connectivity index (χ3n) is 3.68. The summed E-state index contributed by atoms with van der Waals surface area (Å²) in [5.41, 5.74) is 1.90. The molecule has 0 bridgehead atoms. The summed E-state index contributed by atoms with van der Waals surface area (Å²) in [7, 11) is 0. The SMILES string of the molecule is O=C(c1ccccn1)N1CCSC(c2ccccc2)CC1. The van der Waals surface area contributed by atoms with E-state index in [1.165, 1.54) is 5.56 Å². The van der Waals surface area contributed by atoms with Crippen molar-refractivity contribution in [3.63, 3.8) is 0 Å². The maximum absolute atomic E-state index is 12.4. The Labute approximate surface area is 129 Å². The highest BCUT2D eigenvalue weighted by atomic mass is 32.2. The molecule has 0 N–H and O–H groups in total. The first-order chi connectivity index (χ1) is 10.3. The second-order valence-electron chi connectivity index (χ2n) is 5.07. The van der Waals surface area contributed by atoms with Gasteiger partial charge in [0, 0.05) is 30.3 Å². The quantitative estimate of drug-likeness (QED) is 0.852. The molecule has 0 saturated carbocycles. The van der Waals surface area contributed by atoms with Crippen LogP contribution in [0.5, 0.6) is 0 Å². The van der Waals surface area contributed by atoms with Crippen molar-refractivity contribution in [2.75, 3.05) is 18.8 Å². The summed E-state index contributed by atoms with van der Waals surface area (Å²) < 4.78 is 0. The van der Waals surface area contributed by atoms with Gasteiger partial charge >= 0.3 is 0 Å². The lowest BCUT2D eigenvalue weighted by Gasteiger charge is -2.19. The minimum atomic E-state index is 0.0462. The number of aromatic nitrogens is 1. The van der Waals surface area contributed by atoms with Crippen molar-refractivity contribution < 1.29 is 4.79 Å². The van der Waals surface area contributed by atoms with Crippen LogP contribution in [0.2, 0.25) is 0 Å². The molecule has 1 saturated heterocycles. The Morgan fingerprint density at radius 2 is 1.90 bits per heavy atom. The second-order valence-corrected chi connectivity index (χ2v) is 6.38. The molecule has 1 unspecified atom stereocenters. The van der Waals surface area contributed by atoms with E-state index in [0.717, 1.165) is 25.3 Å². The Kier molecular flexibility index (Phi) is 4.55. The third-order valence-corrected chi connectivity index (χ3v) is 5.01. The van der Waals surface area contributed by atoms with Crippen molar-refractivity contribution in [1.29, 1.82) is 0 Å². The van der Waals surface area contributed by atoms with Gasteiger partial charge < -0.3 is 4.90 Å². The van der Waals surface area contributed by atoms with Crippen LogP contribution in [0.1, 0.15) is 27.7 Å². The molecule has 1 aromatic carbocycles. The van der Waals surface area contributed by atoms with Crippen molar-refractivity contribution in [3.05, 3.63) is 66.0 Å². The Morgan fingerprint density at radius 1 is 1.10 bits per heavy atom. The highest BCUT2D eigenvalue weighted by Crippen LogP contribution is 2.34. The van der Waals surface area contributed by atoms with Gasteiger partial charge in [0.15, 0.2) is 0 Å². The van der Waals surface area contributed by atoms with Gasteiger partial charge in [-0.15, -0.1) is 0 Å². The van der Waals surface area contributed by atoms with Gasteiger partial charge in [-0.05, 0) is 24.1 Å². The molecular formula is C17H18N2OS. The zero-order valence-corrected chi connectivity index (χ0v) is 12.6. The number of carbonyl (C=O) groups excluding carboxylic acids is 1. The van der Waals surface area contributed by atoms with Gasteiger partial charge in [-0.1, -0.05) is 36.4 Å². The highest BCUT2D eigenvalue weighted by molar-refractivity contribution is 7.99. The molecule has 3 rings (SSSR count). The fourth-order valence-corrected chi connectivity index (χ4v) is 3.79. The van der Waals surface area contributed by atoms with Crippen molar-refractivity contribution >= 4 is 17.7 Å². The third kappa shape index (κ3) is 3.45. The lowest BCUT2D eigenvalue weighted by atomic mass is 10.1. The maximum atomic E-state index is 12.4. The van der Waals surface area contributed by atoms with Crippen LogP contribution in [0, 0.1) is 0 Å². The maximum Gasteiger partial charge on any atom is 0.272 e. The van der Waals surface area contributed by atoms with E-state index in [-0.39, 0.29) is 5.91 Å². The minimum absolute atomic E-state index is 0.0462. The number of pyridine rings is 1. The van der Waals surface area contributed by atoms with E-state index < -0.39 is 0 Å². The number of rotatable bonds is 2. The minimum Gasteiger partial charge on any atom is -0.336 e. The molecule has 1 atom stereocenters. The number of hydrogen-bond acceptors (Lipinski definition) is 3. The lowest BCUT2D eigenvalue weighted by molar-refractivity contribution is 0.0760. The Hall–Kier alpha value is -1.81. The van der Waals surface area contributed by atoms with Gasteiger partial charge in [0.2, 0.25) is 0 Å². The van der Waals surface area contributed by atoms with Crippen LogP contribution in [0.4, 0.5) is 0 Å². The normalized spacial score (nSPS) is 19.0. The van der Waals surface area contributed by atoms with Crippen molar-refractivity contribution in [2.45, 2.75) is 11.7 Å². The van der Waals surface area contributed by atoms with Crippen LogP contribution in [0.3, 0.4) is 0 Å². The van der Waals surface area contributed by atoms with Gasteiger partial charge in [-0.3, -0.25) is 9.78 Å². The average molecular weight is 298 g/mol. The molecule has 0 aliphatic carbocycles. The summed E-state index contributed by atoms with van der Waals surface area (Å²) in [5, 5.41) is 0.479. The first-order valence-electron chi connectivity index (χ1n) is 7.21. The molecule has 3 nitrogen and oxygen atoms in total. The molecule has 1 aromatic heterocycles. The van der Waals surface area contributed by atoms with Crippen LogP contribution < -0.4 is 0 Å². The van der Waals surface area contributed by atoms with Gasteiger partial charge in [0.1, 0.15) is 5.69 Å². The van der Waals surface area contributed by atoms with Crippen LogP contribution in [0.15, 0.2) is 54.7 Å². The van der Waals surface area contributed by atoms with E-state index in [1.54, 1.807) is 12.3 Å². The van der Waals surface area contributed by atoms with Crippen molar-refractivity contribution in [1.82, 2.24) is 9.88 Å². The van der Waals surface area contributed by atoms with Crippen LogP contribution in [-0.4, -0.2) is 34.6 Å². The number of amides is 1. The van der Waals surface area contributed by atoms with E-state index in [4.69, 9.17) is 0 Å². The van der Waals surface area contributed by atoms with Crippen LogP contribution in [-0.2, 0) is 0 Å². The van der Waals surface area contributed by atoms with Gasteiger partial charge in [0.25, 0.3) is 5.91 Å². The summed E-state index contributed by atoms with van der Waals surface area (Å²) in [5.74, 6) is 1.02. The average Bonchev–Trinajstić information content (AvgIpc) is 2.82. The Morgan fingerprint density at radius 3 is 2.67 bits per heavy atom. The predicted molar refractivity (Wildman–Crippen MR) is 86.4 cm³/mol. The van der Waals surface area contributed by atoms with E-state index in [2.05, 4.69) is 29.2 Å². The van der Waals surface area contributed by atoms with Crippen LogP contribution in [0.25, 0.3) is 0 Å². The van der Waals surface area contributed by atoms with Gasteiger partial charge in [0.05, 0.1) is 0 Å². The largest absolute Gasteiger partial charge is 0.336 e. The molecule has 4 heteroatoms. The lowest BCUT2D eigenvalue weighted by Crippen LogP contribution is -2.33. The van der Waals surface area contributed by atoms with E-state index in [0.29, 0.717) is 10.9 Å². The smallest absolute Gasteiger partial charge is 0.272 e. The second kappa shape index (κ2) is 6.76. The molecule has 0 spiro atoms. The van der Waals surface area contributed by atoms with E-state index >= 15 is 0 Å². The number of hydrogen-bond donors (Lipinski definition) is 0. The molecule has 21 heavy (non-hydrogen) atoms. The van der Waals surface area contributed by atoms with Crippen molar-refractivity contribution in [2.24, 2.45) is 0 Å². The van der Waals surface area contributed by atoms with Gasteiger partial charge in [-0.2, -0.15) is 11.8 Å². The molecule has 1 aliphatic heterocycles. The number of thioether (sulfide) groups is 1. The molecule has 1 fully saturated rings. The predicted octanol–water partition coefficient (Wildman–Crippen LogP) is 3.40. The van der Waals surface area contributed by atoms with E-state index in [1.807, 2.05) is 34.9 Å². The summed E-state index contributed by atoms with van der Waals surface area (Å²) in [4.78, 5) is 18.5. The standard InChI is InChI=1S/C17H18N2OS/c20-17(15-8-4-5-10-18-15)19-11-9-16(21-13-12-19)14-6-2-1-3-7-14/h1-8,10,16H,9,11-13H2. The topological polar surface area (TPSA) is 33.2 Å². The molecule has 2 aromatic rings. The summed E-state index contributed by atoms with van der Waals surface area (Å²) in [6.07, 6.45) is 2.67. The zero-order valence-electron chi connectivity index (χ0n) is 11.8. The number of benzene rings is 1. The van der Waals surface area contributed by atoms with Gasteiger partial charge in [-0.25, -0.2) is 0 Å². The summed E-state index contributed by atoms with van der Waals surface area (Å²) >= 11 is 1.94. The molecule has 108 valence electrons. The number of carbonyl (C=O) groups is 1. The van der Waals surface area contributed by atoms with E-state index in [9.17, 15) is 4.79 Å². The molecule has 2 heterocycles. The fourth-order valence-electron chi connectivity index (χ4n) is 2.56. The molecule has 1 aliphatic rings. The Bertz CT molecular complexity index is 588. The monoisotopic (exact) mass is 298 g/mol. The highest BCUT2D eigenvalue weighted by Gasteiger charge is 2.23. The molecular weight excluding hydrogens is 280 g/mol. The Balaban J connectivity index is 1.67. The molecule has 0 radical (unpaired) electrons. The first kappa shape index (κ1) is 14.1. The van der Waals surface area contributed by atoms with Crippen molar-refractivity contribution in [3.8, 4) is 0 Å². The fraction of sp³-hybridized carbons (Fsp3) is 0.294.